The summed E-state index contributed by atoms with van der Waals surface area (Å²) in [6.45, 7) is 6.50. The third-order valence-electron chi connectivity index (χ3n) is 3.17. The van der Waals surface area contributed by atoms with Gasteiger partial charge >= 0.3 is 0 Å². The number of aryl methyl sites for hydroxylation is 2. The first-order valence-electron chi connectivity index (χ1n) is 6.23. The molecule has 0 N–H and O–H groups in total. The Morgan fingerprint density at radius 1 is 1.11 bits per heavy atom. The minimum atomic E-state index is 0.953. The van der Waals surface area contributed by atoms with E-state index in [1.165, 1.54) is 16.7 Å². The Balaban J connectivity index is 2.36. The third-order valence-corrected chi connectivity index (χ3v) is 3.17. The first kappa shape index (κ1) is 12.4. The van der Waals surface area contributed by atoms with Crippen LogP contribution in [0, 0.1) is 25.7 Å². The zero-order chi connectivity index (χ0) is 13.0. The summed E-state index contributed by atoms with van der Waals surface area (Å²) in [5.41, 5.74) is 6.10. The van der Waals surface area contributed by atoms with E-state index in [0.717, 1.165) is 17.5 Å². The highest BCUT2D eigenvalue weighted by molar-refractivity contribution is 5.47. The molecule has 0 radical (unpaired) electrons. The van der Waals surface area contributed by atoms with Crippen LogP contribution in [0.25, 0.3) is 0 Å². The van der Waals surface area contributed by atoms with Gasteiger partial charge < -0.3 is 0 Å². The van der Waals surface area contributed by atoms with Gasteiger partial charge in [-0.25, -0.2) is 0 Å². The van der Waals surface area contributed by atoms with Crippen LogP contribution in [-0.4, -0.2) is 4.98 Å². The van der Waals surface area contributed by atoms with Crippen LogP contribution in [0.3, 0.4) is 0 Å². The molecule has 1 nitrogen and oxygen atoms in total. The molecule has 1 aromatic carbocycles. The van der Waals surface area contributed by atoms with Gasteiger partial charge in [-0.1, -0.05) is 18.8 Å². The standard InChI is InChI=1S/C17H17N/c1-4-17-11-16(10-13(2)14(17)3)8-7-15-6-5-9-18-12-15/h5-6,9-12H,4H2,1-3H3. The Bertz CT molecular complexity index is 601. The lowest BCUT2D eigenvalue weighted by atomic mass is 9.98. The molecule has 0 spiro atoms. The summed E-state index contributed by atoms with van der Waals surface area (Å²) in [7, 11) is 0. The maximum atomic E-state index is 4.06. The van der Waals surface area contributed by atoms with Crippen molar-refractivity contribution in [2.24, 2.45) is 0 Å². The molecule has 1 heterocycles. The van der Waals surface area contributed by atoms with Crippen LogP contribution in [-0.2, 0) is 6.42 Å². The molecule has 0 unspecified atom stereocenters. The molecule has 2 rings (SSSR count). The molecular weight excluding hydrogens is 218 g/mol. The fourth-order valence-electron chi connectivity index (χ4n) is 1.95. The minimum absolute atomic E-state index is 0.953. The first-order valence-corrected chi connectivity index (χ1v) is 6.23. The quantitative estimate of drug-likeness (QED) is 0.687. The SMILES string of the molecule is CCc1cc(C#Cc2cccnc2)cc(C)c1C. The summed E-state index contributed by atoms with van der Waals surface area (Å²) in [6.07, 6.45) is 4.60. The van der Waals surface area contributed by atoms with Gasteiger partial charge in [0.1, 0.15) is 0 Å². The predicted molar refractivity (Wildman–Crippen MR) is 75.5 cm³/mol. The van der Waals surface area contributed by atoms with Crippen LogP contribution in [0.2, 0.25) is 0 Å². The van der Waals surface area contributed by atoms with Crippen molar-refractivity contribution in [3.8, 4) is 11.8 Å². The average Bonchev–Trinajstić information content (AvgIpc) is 2.41. The maximum Gasteiger partial charge on any atom is 0.0432 e. The van der Waals surface area contributed by atoms with Gasteiger partial charge in [0.15, 0.2) is 0 Å². The monoisotopic (exact) mass is 235 g/mol. The van der Waals surface area contributed by atoms with Gasteiger partial charge in [0.05, 0.1) is 0 Å². The maximum absolute atomic E-state index is 4.06. The Hall–Kier alpha value is -2.07. The van der Waals surface area contributed by atoms with Crippen LogP contribution in [0.4, 0.5) is 0 Å². The average molecular weight is 235 g/mol. The Morgan fingerprint density at radius 2 is 1.89 bits per heavy atom. The van der Waals surface area contributed by atoms with Crippen molar-refractivity contribution in [2.75, 3.05) is 0 Å². The van der Waals surface area contributed by atoms with E-state index >= 15 is 0 Å². The summed E-state index contributed by atoms with van der Waals surface area (Å²) in [4.78, 5) is 4.06. The molecule has 0 saturated heterocycles. The van der Waals surface area contributed by atoms with Crippen molar-refractivity contribution >= 4 is 0 Å². The highest BCUT2D eigenvalue weighted by atomic mass is 14.6. The minimum Gasteiger partial charge on any atom is -0.263 e. The normalized spacial score (nSPS) is 9.72. The lowest BCUT2D eigenvalue weighted by Gasteiger charge is -2.07. The van der Waals surface area contributed by atoms with Gasteiger partial charge in [-0.15, -0.1) is 0 Å². The zero-order valence-electron chi connectivity index (χ0n) is 11.1. The molecule has 0 fully saturated rings. The predicted octanol–water partition coefficient (Wildman–Crippen LogP) is 3.66. The Labute approximate surface area is 109 Å². The van der Waals surface area contributed by atoms with E-state index in [2.05, 4.69) is 49.7 Å². The molecular formula is C17H17N. The number of benzene rings is 1. The second kappa shape index (κ2) is 5.51. The van der Waals surface area contributed by atoms with Crippen molar-refractivity contribution < 1.29 is 0 Å². The van der Waals surface area contributed by atoms with E-state index in [0.29, 0.717) is 0 Å². The molecule has 0 aliphatic heterocycles. The molecule has 0 amide bonds. The smallest absolute Gasteiger partial charge is 0.0432 e. The Kier molecular flexibility index (Phi) is 3.79. The van der Waals surface area contributed by atoms with Gasteiger partial charge in [-0.05, 0) is 61.2 Å². The second-order valence-electron chi connectivity index (χ2n) is 4.42. The van der Waals surface area contributed by atoms with Crippen LogP contribution < -0.4 is 0 Å². The van der Waals surface area contributed by atoms with Gasteiger partial charge in [-0.3, -0.25) is 4.98 Å². The number of hydrogen-bond donors (Lipinski definition) is 0. The van der Waals surface area contributed by atoms with E-state index in [9.17, 15) is 0 Å². The van der Waals surface area contributed by atoms with Gasteiger partial charge in [0.2, 0.25) is 0 Å². The van der Waals surface area contributed by atoms with Crippen LogP contribution in [0.15, 0.2) is 36.7 Å². The van der Waals surface area contributed by atoms with E-state index in [4.69, 9.17) is 0 Å². The summed E-state index contributed by atoms with van der Waals surface area (Å²) in [5, 5.41) is 0. The molecule has 1 heteroatoms. The zero-order valence-corrected chi connectivity index (χ0v) is 11.1. The van der Waals surface area contributed by atoms with Gasteiger partial charge in [0.25, 0.3) is 0 Å². The highest BCUT2D eigenvalue weighted by Gasteiger charge is 2.01. The fraction of sp³-hybridized carbons (Fsp3) is 0.235. The first-order chi connectivity index (χ1) is 8.70. The van der Waals surface area contributed by atoms with E-state index in [1.54, 1.807) is 12.4 Å². The molecule has 0 aliphatic carbocycles. The summed E-state index contributed by atoms with van der Waals surface area (Å²) < 4.78 is 0. The molecule has 1 aromatic heterocycles. The van der Waals surface area contributed by atoms with Crippen molar-refractivity contribution in [3.05, 3.63) is 64.5 Å². The lowest BCUT2D eigenvalue weighted by molar-refractivity contribution is 1.09. The number of hydrogen-bond acceptors (Lipinski definition) is 1. The molecule has 0 bridgehead atoms. The molecule has 18 heavy (non-hydrogen) atoms. The van der Waals surface area contributed by atoms with Crippen LogP contribution in [0.1, 0.15) is 34.7 Å². The van der Waals surface area contributed by atoms with Crippen molar-refractivity contribution in [2.45, 2.75) is 27.2 Å². The summed E-state index contributed by atoms with van der Waals surface area (Å²) >= 11 is 0. The van der Waals surface area contributed by atoms with E-state index in [-0.39, 0.29) is 0 Å². The topological polar surface area (TPSA) is 12.9 Å². The van der Waals surface area contributed by atoms with E-state index < -0.39 is 0 Å². The molecule has 2 aromatic rings. The molecule has 0 atom stereocenters. The lowest BCUT2D eigenvalue weighted by Crippen LogP contribution is -1.92. The third kappa shape index (κ3) is 2.78. The van der Waals surface area contributed by atoms with Crippen molar-refractivity contribution in [1.82, 2.24) is 4.98 Å². The molecule has 0 aliphatic rings. The number of nitrogens with zero attached hydrogens (tertiary/aromatic N) is 1. The number of pyridine rings is 1. The van der Waals surface area contributed by atoms with Crippen molar-refractivity contribution in [1.29, 1.82) is 0 Å². The number of rotatable bonds is 1. The Morgan fingerprint density at radius 3 is 2.56 bits per heavy atom. The summed E-state index contributed by atoms with van der Waals surface area (Å²) in [5.74, 6) is 6.36. The molecule has 0 saturated carbocycles. The molecule has 90 valence electrons. The summed E-state index contributed by atoms with van der Waals surface area (Å²) in [6, 6.07) is 8.22. The van der Waals surface area contributed by atoms with Gasteiger partial charge in [-0.2, -0.15) is 0 Å². The van der Waals surface area contributed by atoms with Crippen molar-refractivity contribution in [3.63, 3.8) is 0 Å². The second-order valence-corrected chi connectivity index (χ2v) is 4.42. The number of aromatic nitrogens is 1. The fourth-order valence-corrected chi connectivity index (χ4v) is 1.95. The van der Waals surface area contributed by atoms with E-state index in [1.807, 2.05) is 12.1 Å². The van der Waals surface area contributed by atoms with Gasteiger partial charge in [0, 0.05) is 23.5 Å². The highest BCUT2D eigenvalue weighted by Crippen LogP contribution is 2.16. The van der Waals surface area contributed by atoms with Crippen LogP contribution >= 0.6 is 0 Å². The largest absolute Gasteiger partial charge is 0.263 e. The van der Waals surface area contributed by atoms with Crippen LogP contribution in [0.5, 0.6) is 0 Å².